The number of amides is 2. The third-order valence-corrected chi connectivity index (χ3v) is 5.34. The van der Waals surface area contributed by atoms with E-state index in [1.165, 1.54) is 22.3 Å². The van der Waals surface area contributed by atoms with Crippen molar-refractivity contribution in [1.29, 1.82) is 5.26 Å². The third-order valence-electron chi connectivity index (χ3n) is 4.21. The Morgan fingerprint density at radius 2 is 2.07 bits per heavy atom. The molecule has 1 aromatic carbocycles. The summed E-state index contributed by atoms with van der Waals surface area (Å²) in [6, 6.07) is 11.5. The zero-order valence-electron chi connectivity index (χ0n) is 15.3. The van der Waals surface area contributed by atoms with Crippen LogP contribution in [0.5, 0.6) is 0 Å². The molecule has 8 nitrogen and oxygen atoms in total. The number of carbonyl (C=O) groups is 3. The molecule has 0 aliphatic carbocycles. The average Bonchev–Trinajstić information content (AvgIpc) is 3.07. The molecule has 1 aliphatic heterocycles. The van der Waals surface area contributed by atoms with E-state index in [-0.39, 0.29) is 12.5 Å². The van der Waals surface area contributed by atoms with Gasteiger partial charge in [0.1, 0.15) is 11.1 Å². The second-order valence-corrected chi connectivity index (χ2v) is 7.28. The zero-order valence-corrected chi connectivity index (χ0v) is 16.1. The lowest BCUT2D eigenvalue weighted by atomic mass is 10.0. The zero-order chi connectivity index (χ0) is 20.8. The molecule has 3 rings (SSSR count). The maximum atomic E-state index is 12.2. The lowest BCUT2D eigenvalue weighted by Crippen LogP contribution is -2.36. The number of nitrogens with one attached hydrogen (secondary N) is 1. The molecule has 0 fully saturated rings. The first kappa shape index (κ1) is 20.1. The molecule has 2 N–H and O–H groups in total. The van der Waals surface area contributed by atoms with E-state index in [1.54, 1.807) is 6.08 Å². The highest BCUT2D eigenvalue weighted by Gasteiger charge is 2.28. The molecule has 2 amide bonds. The Morgan fingerprint density at radius 1 is 1.31 bits per heavy atom. The van der Waals surface area contributed by atoms with Gasteiger partial charge in [0, 0.05) is 17.5 Å². The van der Waals surface area contributed by atoms with E-state index in [0.29, 0.717) is 23.5 Å². The second kappa shape index (κ2) is 9.03. The first-order chi connectivity index (χ1) is 14.0. The van der Waals surface area contributed by atoms with Gasteiger partial charge in [0.25, 0.3) is 0 Å². The molecule has 1 aliphatic rings. The minimum Gasteiger partial charge on any atom is -0.479 e. The lowest BCUT2D eigenvalue weighted by molar-refractivity contribution is -0.140. The SMILES string of the molecule is N#Cc1c(NC(=O)C=Cc2ccccc2)sc2c1CCN(C(=O)OCC(=O)O)C2. The number of hydrogen-bond acceptors (Lipinski definition) is 6. The molecular weight excluding hydrogens is 394 g/mol. The van der Waals surface area contributed by atoms with Gasteiger partial charge in [-0.05, 0) is 23.6 Å². The molecule has 0 atom stereocenters. The van der Waals surface area contributed by atoms with Crippen LogP contribution >= 0.6 is 11.3 Å². The lowest BCUT2D eigenvalue weighted by Gasteiger charge is -2.25. The van der Waals surface area contributed by atoms with Crippen LogP contribution < -0.4 is 5.32 Å². The predicted octanol–water partition coefficient (Wildman–Crippen LogP) is 2.85. The number of carbonyl (C=O) groups excluding carboxylic acids is 2. The van der Waals surface area contributed by atoms with Gasteiger partial charge in [-0.2, -0.15) is 5.26 Å². The average molecular weight is 411 g/mol. The second-order valence-electron chi connectivity index (χ2n) is 6.17. The van der Waals surface area contributed by atoms with Crippen molar-refractivity contribution in [3.63, 3.8) is 0 Å². The number of rotatable bonds is 5. The van der Waals surface area contributed by atoms with Crippen LogP contribution in [0.2, 0.25) is 0 Å². The van der Waals surface area contributed by atoms with Gasteiger partial charge >= 0.3 is 12.1 Å². The summed E-state index contributed by atoms with van der Waals surface area (Å²) >= 11 is 1.23. The smallest absolute Gasteiger partial charge is 0.410 e. The molecule has 0 saturated heterocycles. The van der Waals surface area contributed by atoms with Crippen LogP contribution in [-0.2, 0) is 27.3 Å². The fourth-order valence-electron chi connectivity index (χ4n) is 2.87. The number of aliphatic carboxylic acids is 1. The molecule has 2 heterocycles. The van der Waals surface area contributed by atoms with Crippen LogP contribution in [0.1, 0.15) is 21.6 Å². The number of fused-ring (bicyclic) bond motifs is 1. The standard InChI is InChI=1S/C20H17N3O5S/c21-10-15-14-8-9-23(20(27)28-12-18(25)26)11-16(14)29-19(15)22-17(24)7-6-13-4-2-1-3-5-13/h1-7H,8-9,11-12H2,(H,22,24)(H,25,26). The molecule has 1 aromatic heterocycles. The number of ether oxygens (including phenoxy) is 1. The molecule has 0 spiro atoms. The summed E-state index contributed by atoms with van der Waals surface area (Å²) in [5.41, 5.74) is 2.07. The van der Waals surface area contributed by atoms with E-state index in [9.17, 15) is 19.6 Å². The Balaban J connectivity index is 1.70. The first-order valence-electron chi connectivity index (χ1n) is 8.70. The van der Waals surface area contributed by atoms with E-state index in [0.717, 1.165) is 16.0 Å². The molecule has 148 valence electrons. The Hall–Kier alpha value is -3.64. The summed E-state index contributed by atoms with van der Waals surface area (Å²) < 4.78 is 4.71. The van der Waals surface area contributed by atoms with E-state index in [1.807, 2.05) is 30.3 Å². The number of carboxylic acid groups (broad SMARTS) is 1. The van der Waals surface area contributed by atoms with Gasteiger partial charge in [0.2, 0.25) is 5.91 Å². The van der Waals surface area contributed by atoms with Crippen molar-refractivity contribution in [2.75, 3.05) is 18.5 Å². The van der Waals surface area contributed by atoms with Gasteiger partial charge in [-0.3, -0.25) is 4.79 Å². The molecule has 9 heteroatoms. The minimum absolute atomic E-state index is 0.197. The molecule has 29 heavy (non-hydrogen) atoms. The summed E-state index contributed by atoms with van der Waals surface area (Å²) in [5, 5.41) is 21.3. The van der Waals surface area contributed by atoms with Crippen molar-refractivity contribution in [1.82, 2.24) is 4.90 Å². The number of hydrogen-bond donors (Lipinski definition) is 2. The monoisotopic (exact) mass is 411 g/mol. The molecule has 0 radical (unpaired) electrons. The Bertz CT molecular complexity index is 1010. The van der Waals surface area contributed by atoms with Crippen LogP contribution in [0.25, 0.3) is 6.08 Å². The number of nitriles is 1. The Morgan fingerprint density at radius 3 is 2.76 bits per heavy atom. The largest absolute Gasteiger partial charge is 0.479 e. The van der Waals surface area contributed by atoms with Gasteiger partial charge in [0.15, 0.2) is 6.61 Å². The molecule has 2 aromatic rings. The summed E-state index contributed by atoms with van der Waals surface area (Å²) in [7, 11) is 0. The molecule has 0 bridgehead atoms. The van der Waals surface area contributed by atoms with Crippen LogP contribution in [0, 0.1) is 11.3 Å². The quantitative estimate of drug-likeness (QED) is 0.730. The number of nitrogens with zero attached hydrogens (tertiary/aromatic N) is 2. The molecular formula is C20H17N3O5S. The summed E-state index contributed by atoms with van der Waals surface area (Å²) in [4.78, 5) is 36.9. The highest BCUT2D eigenvalue weighted by Crippen LogP contribution is 2.36. The van der Waals surface area contributed by atoms with Gasteiger partial charge in [-0.15, -0.1) is 11.3 Å². The Kier molecular flexibility index (Phi) is 6.26. The molecule has 0 saturated carbocycles. The number of carboxylic acids is 1. The van der Waals surface area contributed by atoms with Crippen molar-refractivity contribution < 1.29 is 24.2 Å². The number of thiophene rings is 1. The summed E-state index contributed by atoms with van der Waals surface area (Å²) in [5.74, 6) is -1.59. The van der Waals surface area contributed by atoms with Crippen molar-refractivity contribution in [2.24, 2.45) is 0 Å². The van der Waals surface area contributed by atoms with Crippen molar-refractivity contribution >= 4 is 40.4 Å². The highest BCUT2D eigenvalue weighted by molar-refractivity contribution is 7.16. The van der Waals surface area contributed by atoms with Crippen LogP contribution in [0.3, 0.4) is 0 Å². The van der Waals surface area contributed by atoms with E-state index in [2.05, 4.69) is 11.4 Å². The van der Waals surface area contributed by atoms with Gasteiger partial charge in [-0.1, -0.05) is 30.3 Å². The maximum absolute atomic E-state index is 12.2. The van der Waals surface area contributed by atoms with E-state index in [4.69, 9.17) is 9.84 Å². The van der Waals surface area contributed by atoms with E-state index < -0.39 is 18.7 Å². The topological polar surface area (TPSA) is 120 Å². The highest BCUT2D eigenvalue weighted by atomic mass is 32.1. The van der Waals surface area contributed by atoms with Crippen LogP contribution in [0.15, 0.2) is 36.4 Å². The Labute approximate surface area is 170 Å². The predicted molar refractivity (Wildman–Crippen MR) is 106 cm³/mol. The number of anilines is 1. The van der Waals surface area contributed by atoms with Crippen molar-refractivity contribution in [2.45, 2.75) is 13.0 Å². The normalized spacial score (nSPS) is 12.9. The van der Waals surface area contributed by atoms with Gasteiger partial charge in [-0.25, -0.2) is 9.59 Å². The van der Waals surface area contributed by atoms with Gasteiger partial charge in [0.05, 0.1) is 12.1 Å². The van der Waals surface area contributed by atoms with Crippen LogP contribution in [0.4, 0.5) is 9.80 Å². The maximum Gasteiger partial charge on any atom is 0.410 e. The van der Waals surface area contributed by atoms with Crippen molar-refractivity contribution in [3.8, 4) is 6.07 Å². The van der Waals surface area contributed by atoms with Gasteiger partial charge < -0.3 is 20.1 Å². The van der Waals surface area contributed by atoms with Crippen molar-refractivity contribution in [3.05, 3.63) is 58.0 Å². The van der Waals surface area contributed by atoms with Crippen LogP contribution in [-0.4, -0.2) is 41.1 Å². The summed E-state index contributed by atoms with van der Waals surface area (Å²) in [6.07, 6.45) is 2.77. The fourth-order valence-corrected chi connectivity index (χ4v) is 4.09. The number of benzene rings is 1. The summed E-state index contributed by atoms with van der Waals surface area (Å²) in [6.45, 7) is -0.202. The van der Waals surface area contributed by atoms with E-state index >= 15 is 0 Å². The minimum atomic E-state index is -1.23. The fraction of sp³-hybridized carbons (Fsp3) is 0.200. The first-order valence-corrected chi connectivity index (χ1v) is 9.52. The third kappa shape index (κ3) is 5.00. The molecule has 0 unspecified atom stereocenters.